The minimum absolute atomic E-state index is 0.178. The fourth-order valence-electron chi connectivity index (χ4n) is 0.415. The Morgan fingerprint density at radius 2 is 1.67 bits per heavy atom. The third kappa shape index (κ3) is 6.74. The molecule has 0 radical (unpaired) electrons. The summed E-state index contributed by atoms with van der Waals surface area (Å²) in [4.78, 5) is 0. The van der Waals surface area contributed by atoms with E-state index in [4.69, 9.17) is 5.21 Å². The van der Waals surface area contributed by atoms with Crippen molar-refractivity contribution in [3.8, 4) is 0 Å². The Morgan fingerprint density at radius 3 is 1.83 bits per heavy atom. The monoisotopic (exact) mass is 169 g/mol. The van der Waals surface area contributed by atoms with Gasteiger partial charge in [0.25, 0.3) is 0 Å². The first-order valence-electron chi connectivity index (χ1n) is 3.52. The Labute approximate surface area is 71.3 Å². The molecule has 2 nitrogen and oxygen atoms in total. The van der Waals surface area contributed by atoms with Gasteiger partial charge in [0, 0.05) is 0 Å². The van der Waals surface area contributed by atoms with Crippen LogP contribution in [0.5, 0.6) is 0 Å². The van der Waals surface area contributed by atoms with Crippen molar-refractivity contribution in [3.05, 3.63) is 36.1 Å². The first-order valence-corrected chi connectivity index (χ1v) is 3.52. The smallest absolute Gasteiger partial charge is 0.123 e. The maximum Gasteiger partial charge on any atom is 0.123 e. The van der Waals surface area contributed by atoms with Gasteiger partial charge in [0.2, 0.25) is 0 Å². The lowest BCUT2D eigenvalue weighted by Gasteiger charge is -1.78. The molecule has 0 unspecified atom stereocenters. The highest BCUT2D eigenvalue weighted by molar-refractivity contribution is 5.78. The van der Waals surface area contributed by atoms with Gasteiger partial charge in [-0.25, -0.2) is 4.39 Å². The first-order chi connectivity index (χ1) is 5.66. The van der Waals surface area contributed by atoms with Crippen molar-refractivity contribution in [1.29, 1.82) is 0 Å². The van der Waals surface area contributed by atoms with E-state index in [0.717, 1.165) is 0 Å². The van der Waals surface area contributed by atoms with Gasteiger partial charge in [0.15, 0.2) is 0 Å². The number of halogens is 1. The molecule has 1 aromatic rings. The van der Waals surface area contributed by atoms with E-state index in [0.29, 0.717) is 5.71 Å². The van der Waals surface area contributed by atoms with Gasteiger partial charge < -0.3 is 5.21 Å². The standard InChI is InChI=1S/C6H5F.C3H7NO/c7-6-4-2-1-3-5-6;1-3(2)4-5/h1-5H;5H,1-2H3. The van der Waals surface area contributed by atoms with Crippen LogP contribution in [0.25, 0.3) is 0 Å². The van der Waals surface area contributed by atoms with E-state index < -0.39 is 0 Å². The molecule has 1 aromatic carbocycles. The molecule has 0 heterocycles. The summed E-state index contributed by atoms with van der Waals surface area (Å²) in [7, 11) is 0. The van der Waals surface area contributed by atoms with Gasteiger partial charge in [-0.3, -0.25) is 0 Å². The van der Waals surface area contributed by atoms with Gasteiger partial charge in [-0.15, -0.1) is 0 Å². The molecule has 0 saturated heterocycles. The van der Waals surface area contributed by atoms with Crippen LogP contribution in [-0.4, -0.2) is 10.9 Å². The average Bonchev–Trinajstić information content (AvgIpc) is 2.07. The number of hydrogen-bond donors (Lipinski definition) is 1. The number of nitrogens with zero attached hydrogens (tertiary/aromatic N) is 1. The number of hydrogen-bond acceptors (Lipinski definition) is 2. The lowest BCUT2D eigenvalue weighted by atomic mass is 10.4. The Balaban J connectivity index is 0.000000217. The summed E-state index contributed by atoms with van der Waals surface area (Å²) >= 11 is 0. The molecule has 0 saturated carbocycles. The van der Waals surface area contributed by atoms with E-state index in [9.17, 15) is 4.39 Å². The molecule has 1 rings (SSSR count). The van der Waals surface area contributed by atoms with Crippen LogP contribution >= 0.6 is 0 Å². The Kier molecular flexibility index (Phi) is 5.61. The van der Waals surface area contributed by atoms with Crippen molar-refractivity contribution in [2.75, 3.05) is 0 Å². The second-order valence-electron chi connectivity index (χ2n) is 2.34. The summed E-state index contributed by atoms with van der Waals surface area (Å²) in [5.41, 5.74) is 0.685. The van der Waals surface area contributed by atoms with Gasteiger partial charge in [-0.05, 0) is 26.0 Å². The molecule has 0 spiro atoms. The highest BCUT2D eigenvalue weighted by Gasteiger charge is 1.77. The second-order valence-corrected chi connectivity index (χ2v) is 2.34. The highest BCUT2D eigenvalue weighted by Crippen LogP contribution is 1.91. The van der Waals surface area contributed by atoms with Crippen LogP contribution in [-0.2, 0) is 0 Å². The molecule has 0 bridgehead atoms. The van der Waals surface area contributed by atoms with Crippen molar-refractivity contribution in [3.63, 3.8) is 0 Å². The summed E-state index contributed by atoms with van der Waals surface area (Å²) in [5.74, 6) is -0.178. The third-order valence-corrected chi connectivity index (χ3v) is 0.933. The third-order valence-electron chi connectivity index (χ3n) is 0.933. The first kappa shape index (κ1) is 10.6. The van der Waals surface area contributed by atoms with Crippen molar-refractivity contribution in [2.45, 2.75) is 13.8 Å². The predicted octanol–water partition coefficient (Wildman–Crippen LogP) is 2.68. The van der Waals surface area contributed by atoms with Crippen molar-refractivity contribution in [2.24, 2.45) is 5.16 Å². The van der Waals surface area contributed by atoms with Crippen molar-refractivity contribution >= 4 is 5.71 Å². The van der Waals surface area contributed by atoms with Crippen molar-refractivity contribution in [1.82, 2.24) is 0 Å². The van der Waals surface area contributed by atoms with E-state index in [-0.39, 0.29) is 5.82 Å². The fraction of sp³-hybridized carbons (Fsp3) is 0.222. The minimum atomic E-state index is -0.178. The zero-order valence-corrected chi connectivity index (χ0v) is 7.16. The Bertz CT molecular complexity index is 230. The lowest BCUT2D eigenvalue weighted by Crippen LogP contribution is -1.74. The SMILES string of the molecule is CC(C)=NO.Fc1ccccc1. The summed E-state index contributed by atoms with van der Waals surface area (Å²) in [5, 5.41) is 10.5. The molecule has 0 aliphatic carbocycles. The number of benzene rings is 1. The molecule has 0 aliphatic rings. The molecular weight excluding hydrogens is 157 g/mol. The van der Waals surface area contributed by atoms with Crippen LogP contribution in [0.3, 0.4) is 0 Å². The zero-order valence-electron chi connectivity index (χ0n) is 7.16. The quantitative estimate of drug-likeness (QED) is 0.361. The summed E-state index contributed by atoms with van der Waals surface area (Å²) in [6.45, 7) is 3.44. The molecular formula is C9H12FNO. The molecule has 0 fully saturated rings. The highest BCUT2D eigenvalue weighted by atomic mass is 19.1. The molecule has 0 amide bonds. The zero-order chi connectivity index (χ0) is 9.40. The van der Waals surface area contributed by atoms with Crippen LogP contribution in [0.1, 0.15) is 13.8 Å². The van der Waals surface area contributed by atoms with E-state index in [2.05, 4.69) is 5.16 Å². The van der Waals surface area contributed by atoms with E-state index in [1.54, 1.807) is 32.0 Å². The Hall–Kier alpha value is -1.38. The molecule has 0 aliphatic heterocycles. The van der Waals surface area contributed by atoms with Gasteiger partial charge in [-0.2, -0.15) is 0 Å². The molecule has 3 heteroatoms. The van der Waals surface area contributed by atoms with Crippen LogP contribution < -0.4 is 0 Å². The normalized spacial score (nSPS) is 7.92. The largest absolute Gasteiger partial charge is 0.411 e. The summed E-state index contributed by atoms with van der Waals surface area (Å²) in [6, 6.07) is 7.94. The van der Waals surface area contributed by atoms with Crippen LogP contribution in [0, 0.1) is 5.82 Å². The van der Waals surface area contributed by atoms with Gasteiger partial charge in [-0.1, -0.05) is 23.4 Å². The molecule has 1 N–H and O–H groups in total. The van der Waals surface area contributed by atoms with Gasteiger partial charge in [0.1, 0.15) is 5.82 Å². The van der Waals surface area contributed by atoms with Gasteiger partial charge >= 0.3 is 0 Å². The Morgan fingerprint density at radius 1 is 1.25 bits per heavy atom. The van der Waals surface area contributed by atoms with Crippen LogP contribution in [0.2, 0.25) is 0 Å². The lowest BCUT2D eigenvalue weighted by molar-refractivity contribution is 0.318. The van der Waals surface area contributed by atoms with Crippen molar-refractivity contribution < 1.29 is 9.60 Å². The molecule has 0 atom stereocenters. The van der Waals surface area contributed by atoms with Crippen LogP contribution in [0.15, 0.2) is 35.5 Å². The molecule has 12 heavy (non-hydrogen) atoms. The maximum atomic E-state index is 11.9. The molecule has 0 aromatic heterocycles. The van der Waals surface area contributed by atoms with Gasteiger partial charge in [0.05, 0.1) is 5.71 Å². The number of oxime groups is 1. The molecule has 66 valence electrons. The second kappa shape index (κ2) is 6.34. The minimum Gasteiger partial charge on any atom is -0.411 e. The summed E-state index contributed by atoms with van der Waals surface area (Å²) < 4.78 is 11.9. The average molecular weight is 169 g/mol. The fourth-order valence-corrected chi connectivity index (χ4v) is 0.415. The van der Waals surface area contributed by atoms with E-state index in [1.807, 2.05) is 0 Å². The topological polar surface area (TPSA) is 32.6 Å². The summed E-state index contributed by atoms with van der Waals surface area (Å²) in [6.07, 6.45) is 0. The van der Waals surface area contributed by atoms with E-state index >= 15 is 0 Å². The maximum absolute atomic E-state index is 11.9. The number of rotatable bonds is 0. The van der Waals surface area contributed by atoms with Crippen LogP contribution in [0.4, 0.5) is 4.39 Å². The van der Waals surface area contributed by atoms with E-state index in [1.165, 1.54) is 12.1 Å². The predicted molar refractivity (Wildman–Crippen MR) is 47.0 cm³/mol.